The second kappa shape index (κ2) is 5.98. The zero-order chi connectivity index (χ0) is 13.1. The monoisotopic (exact) mass is 318 g/mol. The fraction of sp³-hybridized carbons (Fsp3) is 0.583. The lowest BCUT2D eigenvalue weighted by Crippen LogP contribution is -2.52. The molecule has 0 fully saturated rings. The summed E-state index contributed by atoms with van der Waals surface area (Å²) in [7, 11) is 1.84. The number of hydrogen-bond donors (Lipinski definition) is 1. The summed E-state index contributed by atoms with van der Waals surface area (Å²) >= 11 is 5.07. The lowest BCUT2D eigenvalue weighted by atomic mass is 10.0. The molecular weight excluding hydrogens is 300 g/mol. The van der Waals surface area contributed by atoms with Gasteiger partial charge in [-0.2, -0.15) is 0 Å². The van der Waals surface area contributed by atoms with E-state index in [1.165, 1.54) is 0 Å². The topological polar surface area (TPSA) is 32.3 Å². The van der Waals surface area contributed by atoms with Crippen LogP contribution in [0.4, 0.5) is 0 Å². The summed E-state index contributed by atoms with van der Waals surface area (Å²) < 4.78 is 1.10. The molecule has 0 aliphatic rings. The fourth-order valence-electron chi connectivity index (χ4n) is 1.77. The molecule has 0 spiro atoms. The van der Waals surface area contributed by atoms with Crippen molar-refractivity contribution in [3.63, 3.8) is 0 Å². The zero-order valence-corrected chi connectivity index (χ0v) is 13.1. The molecule has 1 amide bonds. The van der Waals surface area contributed by atoms with Gasteiger partial charge in [-0.15, -0.1) is 11.3 Å². The first-order valence-corrected chi connectivity index (χ1v) is 7.27. The van der Waals surface area contributed by atoms with Gasteiger partial charge in [0.05, 0.1) is 9.33 Å². The molecule has 1 heterocycles. The predicted molar refractivity (Wildman–Crippen MR) is 76.2 cm³/mol. The van der Waals surface area contributed by atoms with Crippen molar-refractivity contribution in [3.8, 4) is 0 Å². The summed E-state index contributed by atoms with van der Waals surface area (Å²) in [6, 6.07) is 2.05. The summed E-state index contributed by atoms with van der Waals surface area (Å²) in [5, 5.41) is 5.26. The second-order valence-electron chi connectivity index (χ2n) is 4.58. The molecule has 0 aliphatic heterocycles. The number of thiophene rings is 1. The van der Waals surface area contributed by atoms with Gasteiger partial charge in [-0.05, 0) is 53.3 Å². The molecule has 0 radical (unpaired) electrons. The molecule has 1 aromatic rings. The van der Waals surface area contributed by atoms with Gasteiger partial charge in [-0.25, -0.2) is 0 Å². The van der Waals surface area contributed by atoms with Crippen molar-refractivity contribution < 1.29 is 4.79 Å². The van der Waals surface area contributed by atoms with E-state index < -0.39 is 5.54 Å². The van der Waals surface area contributed by atoms with E-state index in [0.29, 0.717) is 6.54 Å². The molecule has 0 unspecified atom stereocenters. The minimum atomic E-state index is -0.503. The first-order valence-electron chi connectivity index (χ1n) is 5.60. The molecule has 1 rings (SSSR count). The summed E-state index contributed by atoms with van der Waals surface area (Å²) in [4.78, 5) is 14.0. The van der Waals surface area contributed by atoms with Gasteiger partial charge in [0, 0.05) is 13.6 Å². The molecule has 96 valence electrons. The van der Waals surface area contributed by atoms with Crippen LogP contribution in [-0.4, -0.2) is 29.9 Å². The van der Waals surface area contributed by atoms with Crippen LogP contribution in [0.15, 0.2) is 15.2 Å². The van der Waals surface area contributed by atoms with E-state index >= 15 is 0 Å². The van der Waals surface area contributed by atoms with Crippen LogP contribution in [0.2, 0.25) is 0 Å². The highest BCUT2D eigenvalue weighted by Crippen LogP contribution is 2.22. The lowest BCUT2D eigenvalue weighted by Gasteiger charge is -2.29. The predicted octanol–water partition coefficient (Wildman–Crippen LogP) is 2.86. The number of hydrogen-bond acceptors (Lipinski definition) is 3. The summed E-state index contributed by atoms with van der Waals surface area (Å²) in [6.07, 6.45) is 0. The molecule has 0 aliphatic carbocycles. The van der Waals surface area contributed by atoms with Gasteiger partial charge in [-0.1, -0.05) is 6.92 Å². The first-order chi connectivity index (χ1) is 7.86. The van der Waals surface area contributed by atoms with Gasteiger partial charge in [0.15, 0.2) is 0 Å². The first kappa shape index (κ1) is 14.7. The number of nitrogens with zero attached hydrogens (tertiary/aromatic N) is 1. The van der Waals surface area contributed by atoms with Crippen molar-refractivity contribution in [2.45, 2.75) is 32.9 Å². The van der Waals surface area contributed by atoms with E-state index in [1.54, 1.807) is 16.2 Å². The quantitative estimate of drug-likeness (QED) is 0.905. The normalized spacial score (nSPS) is 11.6. The molecule has 1 N–H and O–H groups in total. The summed E-state index contributed by atoms with van der Waals surface area (Å²) in [5.74, 6) is 0.113. The highest BCUT2D eigenvalue weighted by atomic mass is 79.9. The maximum Gasteiger partial charge on any atom is 0.242 e. The number of carbonyl (C=O) groups excluding carboxylic acids is 1. The highest BCUT2D eigenvalue weighted by molar-refractivity contribution is 9.11. The van der Waals surface area contributed by atoms with E-state index in [0.717, 1.165) is 15.9 Å². The SMILES string of the molecule is CCNC(C)(C)C(=O)N(C)Cc1csc(Br)c1. The fourth-order valence-corrected chi connectivity index (χ4v) is 2.97. The van der Waals surface area contributed by atoms with Gasteiger partial charge in [0.2, 0.25) is 5.91 Å². The Balaban J connectivity index is 2.64. The number of carbonyl (C=O) groups is 1. The minimum absolute atomic E-state index is 0.113. The van der Waals surface area contributed by atoms with Gasteiger partial charge in [0.25, 0.3) is 0 Å². The van der Waals surface area contributed by atoms with Gasteiger partial charge in [-0.3, -0.25) is 4.79 Å². The molecule has 3 nitrogen and oxygen atoms in total. The molecule has 0 atom stereocenters. The lowest BCUT2D eigenvalue weighted by molar-refractivity contribution is -0.136. The Labute approximate surface area is 115 Å². The summed E-state index contributed by atoms with van der Waals surface area (Å²) in [5.41, 5.74) is 0.654. The van der Waals surface area contributed by atoms with Crippen molar-refractivity contribution >= 4 is 33.2 Å². The Bertz CT molecular complexity index is 390. The third kappa shape index (κ3) is 4.08. The Hall–Kier alpha value is -0.390. The van der Waals surface area contributed by atoms with E-state index in [9.17, 15) is 4.79 Å². The average molecular weight is 319 g/mol. The zero-order valence-electron chi connectivity index (χ0n) is 10.7. The van der Waals surface area contributed by atoms with E-state index in [-0.39, 0.29) is 5.91 Å². The molecule has 0 saturated heterocycles. The van der Waals surface area contributed by atoms with Gasteiger partial charge in [0.1, 0.15) is 0 Å². The van der Waals surface area contributed by atoms with Gasteiger partial charge < -0.3 is 10.2 Å². The number of rotatable bonds is 5. The number of nitrogens with one attached hydrogen (secondary N) is 1. The van der Waals surface area contributed by atoms with Crippen LogP contribution in [0.5, 0.6) is 0 Å². The van der Waals surface area contributed by atoms with Crippen molar-refractivity contribution in [2.75, 3.05) is 13.6 Å². The van der Waals surface area contributed by atoms with Crippen LogP contribution in [0, 0.1) is 0 Å². The van der Waals surface area contributed by atoms with Crippen LogP contribution in [-0.2, 0) is 11.3 Å². The molecule has 0 bridgehead atoms. The van der Waals surface area contributed by atoms with Crippen molar-refractivity contribution in [1.29, 1.82) is 0 Å². The Morgan fingerprint density at radius 2 is 2.24 bits per heavy atom. The van der Waals surface area contributed by atoms with Crippen molar-refractivity contribution in [1.82, 2.24) is 10.2 Å². The minimum Gasteiger partial charge on any atom is -0.340 e. The number of amides is 1. The summed E-state index contributed by atoms with van der Waals surface area (Å²) in [6.45, 7) is 7.27. The Morgan fingerprint density at radius 3 is 2.71 bits per heavy atom. The van der Waals surface area contributed by atoms with E-state index in [2.05, 4.69) is 32.7 Å². The number of halogens is 1. The van der Waals surface area contributed by atoms with Crippen LogP contribution >= 0.6 is 27.3 Å². The second-order valence-corrected chi connectivity index (χ2v) is 6.87. The molecule has 17 heavy (non-hydrogen) atoms. The Morgan fingerprint density at radius 1 is 1.59 bits per heavy atom. The molecule has 0 saturated carbocycles. The highest BCUT2D eigenvalue weighted by Gasteiger charge is 2.29. The number of likely N-dealkylation sites (N-methyl/N-ethyl adjacent to an activating group) is 2. The molecule has 0 aromatic carbocycles. The molecule has 5 heteroatoms. The van der Waals surface area contributed by atoms with Crippen LogP contribution in [0.3, 0.4) is 0 Å². The molecular formula is C12H19BrN2OS. The smallest absolute Gasteiger partial charge is 0.242 e. The maximum atomic E-state index is 12.2. The van der Waals surface area contributed by atoms with Crippen LogP contribution < -0.4 is 5.32 Å². The maximum absolute atomic E-state index is 12.2. The average Bonchev–Trinajstić information content (AvgIpc) is 2.62. The third-order valence-corrected chi connectivity index (χ3v) is 4.09. The van der Waals surface area contributed by atoms with Crippen molar-refractivity contribution in [3.05, 3.63) is 20.8 Å². The van der Waals surface area contributed by atoms with E-state index in [4.69, 9.17) is 0 Å². The third-order valence-electron chi connectivity index (χ3n) is 2.54. The van der Waals surface area contributed by atoms with Crippen LogP contribution in [0.25, 0.3) is 0 Å². The van der Waals surface area contributed by atoms with E-state index in [1.807, 2.05) is 27.8 Å². The van der Waals surface area contributed by atoms with Crippen molar-refractivity contribution in [2.24, 2.45) is 0 Å². The standard InChI is InChI=1S/C12H19BrN2OS/c1-5-14-12(2,3)11(16)15(4)7-9-6-10(13)17-8-9/h6,8,14H,5,7H2,1-4H3. The molecule has 1 aromatic heterocycles. The largest absolute Gasteiger partial charge is 0.340 e. The van der Waals surface area contributed by atoms with Gasteiger partial charge >= 0.3 is 0 Å². The van der Waals surface area contributed by atoms with Crippen LogP contribution in [0.1, 0.15) is 26.3 Å². The Kier molecular flexibility index (Phi) is 5.16.